The van der Waals surface area contributed by atoms with Crippen molar-refractivity contribution >= 4 is 5.91 Å². The summed E-state index contributed by atoms with van der Waals surface area (Å²) < 4.78 is 5.36. The highest BCUT2D eigenvalue weighted by Gasteiger charge is 2.37. The first-order valence-corrected chi connectivity index (χ1v) is 7.68. The summed E-state index contributed by atoms with van der Waals surface area (Å²) in [6.07, 6.45) is 3.74. The Morgan fingerprint density at radius 2 is 1.74 bits per heavy atom. The molecule has 0 aliphatic heterocycles. The highest BCUT2D eigenvalue weighted by Crippen LogP contribution is 2.31. The lowest BCUT2D eigenvalue weighted by Gasteiger charge is -2.36. The number of hydrogen-bond donors (Lipinski definition) is 1. The van der Waals surface area contributed by atoms with E-state index in [0.717, 1.165) is 32.2 Å². The van der Waals surface area contributed by atoms with Gasteiger partial charge in [0.05, 0.1) is 12.0 Å². The molecule has 19 heavy (non-hydrogen) atoms. The number of rotatable bonds is 11. The first-order chi connectivity index (χ1) is 9.11. The van der Waals surface area contributed by atoms with Crippen LogP contribution in [0.5, 0.6) is 0 Å². The molecular formula is C15H32N2O2. The Morgan fingerprint density at radius 3 is 2.11 bits per heavy atom. The smallest absolute Gasteiger partial charge is 0.230 e. The Labute approximate surface area is 118 Å². The van der Waals surface area contributed by atoms with Gasteiger partial charge in [-0.05, 0) is 26.7 Å². The standard InChI is InChI=1S/C15H32N2O2/c1-5-9-15(13-16,10-6-2)14(18)17(7-3)11-12-19-8-4/h5-13,16H2,1-4H3. The summed E-state index contributed by atoms with van der Waals surface area (Å²) in [5.41, 5.74) is 5.58. The molecule has 114 valence electrons. The number of carbonyl (C=O) groups excluding carboxylic acids is 1. The lowest BCUT2D eigenvalue weighted by Crippen LogP contribution is -2.49. The van der Waals surface area contributed by atoms with Gasteiger partial charge in [0.1, 0.15) is 0 Å². The van der Waals surface area contributed by atoms with E-state index >= 15 is 0 Å². The first-order valence-electron chi connectivity index (χ1n) is 7.68. The fourth-order valence-corrected chi connectivity index (χ4v) is 2.65. The molecule has 4 heteroatoms. The summed E-state index contributed by atoms with van der Waals surface area (Å²) in [6.45, 7) is 11.3. The Kier molecular flexibility index (Phi) is 9.88. The molecule has 0 aliphatic carbocycles. The average molecular weight is 272 g/mol. The number of amides is 1. The number of carbonyl (C=O) groups is 1. The molecule has 0 fully saturated rings. The summed E-state index contributed by atoms with van der Waals surface area (Å²) in [4.78, 5) is 14.7. The minimum Gasteiger partial charge on any atom is -0.380 e. The van der Waals surface area contributed by atoms with E-state index in [0.29, 0.717) is 26.3 Å². The largest absolute Gasteiger partial charge is 0.380 e. The van der Waals surface area contributed by atoms with Crippen molar-refractivity contribution in [2.24, 2.45) is 11.1 Å². The third-order valence-electron chi connectivity index (χ3n) is 3.68. The number of ether oxygens (including phenoxy) is 1. The van der Waals surface area contributed by atoms with Crippen LogP contribution >= 0.6 is 0 Å². The van der Waals surface area contributed by atoms with E-state index in [1.165, 1.54) is 0 Å². The number of likely N-dealkylation sites (N-methyl/N-ethyl adjacent to an activating group) is 1. The molecule has 0 aromatic carbocycles. The maximum Gasteiger partial charge on any atom is 0.230 e. The first kappa shape index (κ1) is 18.4. The zero-order valence-electron chi connectivity index (χ0n) is 13.2. The molecule has 0 bridgehead atoms. The van der Waals surface area contributed by atoms with Crippen molar-refractivity contribution in [1.82, 2.24) is 4.90 Å². The minimum atomic E-state index is -0.369. The molecule has 4 nitrogen and oxygen atoms in total. The average Bonchev–Trinajstić information content (AvgIpc) is 2.42. The van der Waals surface area contributed by atoms with Crippen LogP contribution in [0, 0.1) is 5.41 Å². The van der Waals surface area contributed by atoms with Crippen LogP contribution in [0.3, 0.4) is 0 Å². The van der Waals surface area contributed by atoms with Gasteiger partial charge in [0.15, 0.2) is 0 Å². The van der Waals surface area contributed by atoms with E-state index in [1.807, 2.05) is 18.7 Å². The van der Waals surface area contributed by atoms with Gasteiger partial charge < -0.3 is 15.4 Å². The number of nitrogens with zero attached hydrogens (tertiary/aromatic N) is 1. The van der Waals surface area contributed by atoms with Crippen LogP contribution in [-0.4, -0.2) is 43.7 Å². The van der Waals surface area contributed by atoms with Crippen LogP contribution < -0.4 is 5.73 Å². The molecule has 2 N–H and O–H groups in total. The molecule has 0 aromatic heterocycles. The summed E-state index contributed by atoms with van der Waals surface area (Å²) in [6, 6.07) is 0. The molecule has 0 aromatic rings. The minimum absolute atomic E-state index is 0.209. The molecule has 0 unspecified atom stereocenters. The second-order valence-electron chi connectivity index (χ2n) is 5.07. The van der Waals surface area contributed by atoms with Gasteiger partial charge in [-0.3, -0.25) is 4.79 Å². The molecule has 0 atom stereocenters. The molecule has 0 aliphatic rings. The summed E-state index contributed by atoms with van der Waals surface area (Å²) in [5.74, 6) is 0.209. The van der Waals surface area contributed by atoms with Crippen molar-refractivity contribution in [1.29, 1.82) is 0 Å². The zero-order chi connectivity index (χ0) is 14.7. The highest BCUT2D eigenvalue weighted by molar-refractivity contribution is 5.83. The van der Waals surface area contributed by atoms with Crippen molar-refractivity contribution < 1.29 is 9.53 Å². The highest BCUT2D eigenvalue weighted by atomic mass is 16.5. The second kappa shape index (κ2) is 10.2. The summed E-state index contributed by atoms with van der Waals surface area (Å²) in [5, 5.41) is 0. The Bertz CT molecular complexity index is 238. The van der Waals surface area contributed by atoms with Gasteiger partial charge in [-0.2, -0.15) is 0 Å². The van der Waals surface area contributed by atoms with Crippen LogP contribution in [0.15, 0.2) is 0 Å². The lowest BCUT2D eigenvalue weighted by molar-refractivity contribution is -0.143. The van der Waals surface area contributed by atoms with Crippen molar-refractivity contribution in [2.45, 2.75) is 53.4 Å². The Balaban J connectivity index is 4.81. The van der Waals surface area contributed by atoms with Crippen molar-refractivity contribution in [2.75, 3.05) is 32.8 Å². The fourth-order valence-electron chi connectivity index (χ4n) is 2.65. The van der Waals surface area contributed by atoms with Crippen molar-refractivity contribution in [3.8, 4) is 0 Å². The van der Waals surface area contributed by atoms with Crippen molar-refractivity contribution in [3.63, 3.8) is 0 Å². The van der Waals surface area contributed by atoms with E-state index in [4.69, 9.17) is 10.5 Å². The Morgan fingerprint density at radius 1 is 1.16 bits per heavy atom. The Hall–Kier alpha value is -0.610. The van der Waals surface area contributed by atoms with Crippen LogP contribution in [-0.2, 0) is 9.53 Å². The summed E-state index contributed by atoms with van der Waals surface area (Å²) >= 11 is 0. The normalized spacial score (nSPS) is 11.6. The van der Waals surface area contributed by atoms with Gasteiger partial charge in [-0.25, -0.2) is 0 Å². The van der Waals surface area contributed by atoms with Crippen LogP contribution in [0.1, 0.15) is 53.4 Å². The quantitative estimate of drug-likeness (QED) is 0.588. The fraction of sp³-hybridized carbons (Fsp3) is 0.933. The maximum absolute atomic E-state index is 12.8. The molecule has 0 rings (SSSR count). The molecule has 0 spiro atoms. The molecule has 0 saturated heterocycles. The third-order valence-corrected chi connectivity index (χ3v) is 3.68. The predicted molar refractivity (Wildman–Crippen MR) is 80.1 cm³/mol. The lowest BCUT2D eigenvalue weighted by atomic mass is 9.78. The predicted octanol–water partition coefficient (Wildman–Crippen LogP) is 2.42. The summed E-state index contributed by atoms with van der Waals surface area (Å²) in [7, 11) is 0. The number of nitrogens with two attached hydrogens (primary N) is 1. The molecule has 0 saturated carbocycles. The van der Waals surface area contributed by atoms with E-state index in [1.54, 1.807) is 0 Å². The number of hydrogen-bond acceptors (Lipinski definition) is 3. The van der Waals surface area contributed by atoms with Gasteiger partial charge in [0.25, 0.3) is 0 Å². The van der Waals surface area contributed by atoms with Gasteiger partial charge in [-0.15, -0.1) is 0 Å². The third kappa shape index (κ3) is 5.49. The van der Waals surface area contributed by atoms with Crippen molar-refractivity contribution in [3.05, 3.63) is 0 Å². The van der Waals surface area contributed by atoms with E-state index in [2.05, 4.69) is 13.8 Å². The van der Waals surface area contributed by atoms with Gasteiger partial charge >= 0.3 is 0 Å². The van der Waals surface area contributed by atoms with Gasteiger partial charge in [0, 0.05) is 26.2 Å². The van der Waals surface area contributed by atoms with Gasteiger partial charge in [-0.1, -0.05) is 26.7 Å². The van der Waals surface area contributed by atoms with E-state index in [-0.39, 0.29) is 11.3 Å². The van der Waals surface area contributed by atoms with Crippen LogP contribution in [0.4, 0.5) is 0 Å². The SMILES string of the molecule is CCCC(CN)(CCC)C(=O)N(CC)CCOCC. The van der Waals surface area contributed by atoms with E-state index in [9.17, 15) is 4.79 Å². The maximum atomic E-state index is 12.8. The zero-order valence-corrected chi connectivity index (χ0v) is 13.2. The molecule has 1 amide bonds. The van der Waals surface area contributed by atoms with Gasteiger partial charge in [0.2, 0.25) is 5.91 Å². The molecular weight excluding hydrogens is 240 g/mol. The van der Waals surface area contributed by atoms with Crippen LogP contribution in [0.2, 0.25) is 0 Å². The topological polar surface area (TPSA) is 55.6 Å². The molecule has 0 radical (unpaired) electrons. The van der Waals surface area contributed by atoms with E-state index < -0.39 is 0 Å². The molecule has 0 heterocycles. The monoisotopic (exact) mass is 272 g/mol. The van der Waals surface area contributed by atoms with Crippen LogP contribution in [0.25, 0.3) is 0 Å². The second-order valence-corrected chi connectivity index (χ2v) is 5.07.